The number of thiocarbonyl (C=S) groups is 1. The van der Waals surface area contributed by atoms with Crippen molar-refractivity contribution >= 4 is 17.3 Å². The van der Waals surface area contributed by atoms with Crippen LogP contribution in [0.5, 0.6) is 0 Å². The molecule has 0 aromatic rings. The summed E-state index contributed by atoms with van der Waals surface area (Å²) in [7, 11) is 0. The number of hydrogen-bond acceptors (Lipinski definition) is 3. The number of ether oxygens (including phenoxy) is 1. The summed E-state index contributed by atoms with van der Waals surface area (Å²) in [6.07, 6.45) is 7.46. The van der Waals surface area contributed by atoms with Crippen LogP contribution in [0.1, 0.15) is 45.4 Å². The Morgan fingerprint density at radius 1 is 1.15 bits per heavy atom. The Morgan fingerprint density at radius 3 is 2.38 bits per heavy atom. The van der Waals surface area contributed by atoms with E-state index in [9.17, 15) is 0 Å². The Balaban J connectivity index is 2.95. The zero-order chi connectivity index (χ0) is 9.94. The molecule has 0 aliphatic heterocycles. The monoisotopic (exact) mass is 204 g/mol. The Bertz CT molecular complexity index is 126. The highest BCUT2D eigenvalue weighted by Crippen LogP contribution is 2.04. The average molecular weight is 204 g/mol. The van der Waals surface area contributed by atoms with Crippen LogP contribution in [0.2, 0.25) is 0 Å². The van der Waals surface area contributed by atoms with Crippen LogP contribution in [0, 0.1) is 0 Å². The molecule has 0 radical (unpaired) electrons. The minimum atomic E-state index is -0.134. The van der Waals surface area contributed by atoms with E-state index in [1.54, 1.807) is 0 Å². The van der Waals surface area contributed by atoms with Crippen molar-refractivity contribution in [3.63, 3.8) is 0 Å². The van der Waals surface area contributed by atoms with Gasteiger partial charge in [0, 0.05) is 0 Å². The van der Waals surface area contributed by atoms with Crippen LogP contribution in [0.3, 0.4) is 0 Å². The summed E-state index contributed by atoms with van der Waals surface area (Å²) in [4.78, 5) is 0. The lowest BCUT2D eigenvalue weighted by Gasteiger charge is -2.04. The SMILES string of the molecule is CCCCCCCCOC(=S)CO. The maximum Gasteiger partial charge on any atom is 0.185 e. The van der Waals surface area contributed by atoms with Crippen LogP contribution >= 0.6 is 12.2 Å². The van der Waals surface area contributed by atoms with Gasteiger partial charge in [-0.2, -0.15) is 0 Å². The zero-order valence-corrected chi connectivity index (χ0v) is 9.24. The van der Waals surface area contributed by atoms with Gasteiger partial charge in [-0.05, 0) is 18.6 Å². The lowest BCUT2D eigenvalue weighted by Crippen LogP contribution is -2.07. The molecule has 0 saturated heterocycles. The van der Waals surface area contributed by atoms with E-state index in [-0.39, 0.29) is 6.61 Å². The van der Waals surface area contributed by atoms with Crippen LogP contribution in [-0.2, 0) is 4.74 Å². The molecule has 0 aromatic heterocycles. The molecule has 0 aliphatic carbocycles. The van der Waals surface area contributed by atoms with Crippen molar-refractivity contribution in [2.45, 2.75) is 45.4 Å². The zero-order valence-electron chi connectivity index (χ0n) is 8.42. The molecule has 0 heterocycles. The average Bonchev–Trinajstić information content (AvgIpc) is 2.16. The minimum absolute atomic E-state index is 0.134. The van der Waals surface area contributed by atoms with Gasteiger partial charge in [-0.25, -0.2) is 0 Å². The first-order valence-corrected chi connectivity index (χ1v) is 5.48. The highest BCUT2D eigenvalue weighted by atomic mass is 32.1. The highest BCUT2D eigenvalue weighted by molar-refractivity contribution is 7.80. The van der Waals surface area contributed by atoms with Gasteiger partial charge in [0.1, 0.15) is 6.61 Å². The fourth-order valence-electron chi connectivity index (χ4n) is 1.11. The predicted molar refractivity (Wildman–Crippen MR) is 59.0 cm³/mol. The molecular formula is C10H20O2S. The molecule has 0 aliphatic rings. The van der Waals surface area contributed by atoms with Crippen molar-refractivity contribution < 1.29 is 9.84 Å². The van der Waals surface area contributed by atoms with Crippen molar-refractivity contribution in [1.82, 2.24) is 0 Å². The van der Waals surface area contributed by atoms with Gasteiger partial charge in [-0.15, -0.1) is 0 Å². The molecule has 1 N–H and O–H groups in total. The van der Waals surface area contributed by atoms with E-state index in [1.807, 2.05) is 0 Å². The number of aliphatic hydroxyl groups is 1. The number of aliphatic hydroxyl groups excluding tert-OH is 1. The van der Waals surface area contributed by atoms with Crippen LogP contribution in [-0.4, -0.2) is 23.4 Å². The molecule has 0 spiro atoms. The fourth-order valence-corrected chi connectivity index (χ4v) is 1.20. The second-order valence-electron chi connectivity index (χ2n) is 3.15. The van der Waals surface area contributed by atoms with Gasteiger partial charge < -0.3 is 9.84 Å². The van der Waals surface area contributed by atoms with Gasteiger partial charge in [-0.1, -0.05) is 39.0 Å². The molecule has 2 nitrogen and oxygen atoms in total. The summed E-state index contributed by atoms with van der Waals surface area (Å²) in [6, 6.07) is 0. The quantitative estimate of drug-likeness (QED) is 0.487. The fraction of sp³-hybridized carbons (Fsp3) is 0.900. The lowest BCUT2D eigenvalue weighted by molar-refractivity contribution is 0.255. The van der Waals surface area contributed by atoms with Crippen LogP contribution < -0.4 is 0 Å². The topological polar surface area (TPSA) is 29.5 Å². The first-order valence-electron chi connectivity index (χ1n) is 5.07. The molecule has 0 aromatic carbocycles. The first kappa shape index (κ1) is 12.8. The summed E-state index contributed by atoms with van der Waals surface area (Å²) in [5.74, 6) is 0. The van der Waals surface area contributed by atoms with Crippen LogP contribution in [0.25, 0.3) is 0 Å². The van der Waals surface area contributed by atoms with Gasteiger partial charge >= 0.3 is 0 Å². The Hall–Kier alpha value is -0.150. The highest BCUT2D eigenvalue weighted by Gasteiger charge is 1.94. The smallest absolute Gasteiger partial charge is 0.185 e. The standard InChI is InChI=1S/C10H20O2S/c1-2-3-4-5-6-7-8-12-10(13)9-11/h11H,2-9H2,1H3. The molecule has 13 heavy (non-hydrogen) atoms. The Kier molecular flexibility index (Phi) is 9.82. The third-order valence-electron chi connectivity index (χ3n) is 1.89. The maximum atomic E-state index is 8.54. The van der Waals surface area contributed by atoms with Crippen LogP contribution in [0.15, 0.2) is 0 Å². The van der Waals surface area contributed by atoms with E-state index in [0.717, 1.165) is 6.42 Å². The van der Waals surface area contributed by atoms with Crippen molar-refractivity contribution in [3.8, 4) is 0 Å². The number of unbranched alkanes of at least 4 members (excludes halogenated alkanes) is 5. The maximum absolute atomic E-state index is 8.54. The molecule has 0 rings (SSSR count). The molecular weight excluding hydrogens is 184 g/mol. The number of hydrogen-bond donors (Lipinski definition) is 1. The molecule has 78 valence electrons. The van der Waals surface area contributed by atoms with Crippen molar-refractivity contribution in [2.75, 3.05) is 13.2 Å². The third kappa shape index (κ3) is 9.77. The predicted octanol–water partition coefficient (Wildman–Crippen LogP) is 2.68. The molecule has 0 amide bonds. The van der Waals surface area contributed by atoms with Crippen molar-refractivity contribution in [3.05, 3.63) is 0 Å². The second kappa shape index (κ2) is 9.93. The summed E-state index contributed by atoms with van der Waals surface area (Å²) in [5, 5.41) is 8.85. The summed E-state index contributed by atoms with van der Waals surface area (Å²) >= 11 is 4.70. The van der Waals surface area contributed by atoms with E-state index in [4.69, 9.17) is 22.1 Å². The van der Waals surface area contributed by atoms with E-state index < -0.39 is 0 Å². The van der Waals surface area contributed by atoms with Gasteiger partial charge in [0.15, 0.2) is 5.05 Å². The molecule has 3 heteroatoms. The summed E-state index contributed by atoms with van der Waals surface area (Å²) in [5.41, 5.74) is 0. The summed E-state index contributed by atoms with van der Waals surface area (Å²) < 4.78 is 5.08. The van der Waals surface area contributed by atoms with Crippen molar-refractivity contribution in [2.24, 2.45) is 0 Å². The molecule has 0 unspecified atom stereocenters. The van der Waals surface area contributed by atoms with Gasteiger partial charge in [0.05, 0.1) is 6.61 Å². The van der Waals surface area contributed by atoms with E-state index in [0.29, 0.717) is 11.7 Å². The molecule has 0 atom stereocenters. The van der Waals surface area contributed by atoms with E-state index >= 15 is 0 Å². The van der Waals surface area contributed by atoms with Crippen molar-refractivity contribution in [1.29, 1.82) is 0 Å². The molecule has 0 bridgehead atoms. The largest absolute Gasteiger partial charge is 0.485 e. The second-order valence-corrected chi connectivity index (χ2v) is 3.60. The van der Waals surface area contributed by atoms with E-state index in [2.05, 4.69) is 6.92 Å². The van der Waals surface area contributed by atoms with E-state index in [1.165, 1.54) is 32.1 Å². The Labute approximate surface area is 86.3 Å². The molecule has 0 saturated carbocycles. The van der Waals surface area contributed by atoms with Gasteiger partial charge in [0.25, 0.3) is 0 Å². The Morgan fingerprint density at radius 2 is 1.77 bits per heavy atom. The molecule has 0 fully saturated rings. The van der Waals surface area contributed by atoms with Crippen LogP contribution in [0.4, 0.5) is 0 Å². The lowest BCUT2D eigenvalue weighted by atomic mass is 10.1. The minimum Gasteiger partial charge on any atom is -0.485 e. The normalized spacial score (nSPS) is 10.0. The third-order valence-corrected chi connectivity index (χ3v) is 2.14. The number of rotatable bonds is 8. The first-order chi connectivity index (χ1) is 6.31. The van der Waals surface area contributed by atoms with Gasteiger partial charge in [-0.3, -0.25) is 0 Å². The van der Waals surface area contributed by atoms with Gasteiger partial charge in [0.2, 0.25) is 0 Å². The summed E-state index contributed by atoms with van der Waals surface area (Å²) in [6.45, 7) is 2.74.